The van der Waals surface area contributed by atoms with Gasteiger partial charge in [-0.05, 0) is 76.3 Å². The van der Waals surface area contributed by atoms with E-state index in [0.717, 1.165) is 50.1 Å². The number of para-hydroxylation sites is 1. The van der Waals surface area contributed by atoms with Crippen LogP contribution >= 0.6 is 11.3 Å². The average Bonchev–Trinajstić information content (AvgIpc) is 3.77. The quantitative estimate of drug-likeness (QED) is 0.175. The molecule has 0 saturated carbocycles. The fourth-order valence-electron chi connectivity index (χ4n) is 7.44. The maximum Gasteiger partial charge on any atom is 0.137 e. The highest BCUT2D eigenvalue weighted by molar-refractivity contribution is 7.26. The molecule has 240 valence electrons. The summed E-state index contributed by atoms with van der Waals surface area (Å²) in [6, 6.07) is 67.5. The Balaban J connectivity index is 1.23. The van der Waals surface area contributed by atoms with Crippen molar-refractivity contribution in [3.63, 3.8) is 0 Å². The van der Waals surface area contributed by atoms with Crippen molar-refractivity contribution in [1.82, 2.24) is 0 Å². The predicted octanol–water partition coefficient (Wildman–Crippen LogP) is 14.4. The standard InChI is InChI=1S/C48H31NOS/c1-3-13-32(14-4-1)34-17-11-18-35(29-34)36-25-28-43(42(30-36)33-15-5-2-6-16-33)49(37-26-27-39-38-19-7-9-23-45(38)50-46(39)31-37)44-22-12-21-41-40-20-8-10-24-47(40)51-48(41)44/h1-31H. The number of benzene rings is 8. The van der Waals surface area contributed by atoms with Gasteiger partial charge in [-0.3, -0.25) is 0 Å². The first-order valence-electron chi connectivity index (χ1n) is 17.3. The summed E-state index contributed by atoms with van der Waals surface area (Å²) >= 11 is 1.85. The second-order valence-electron chi connectivity index (χ2n) is 12.9. The van der Waals surface area contributed by atoms with Gasteiger partial charge in [0.25, 0.3) is 0 Å². The van der Waals surface area contributed by atoms with Crippen molar-refractivity contribution < 1.29 is 4.42 Å². The molecule has 0 saturated heterocycles. The van der Waals surface area contributed by atoms with Crippen LogP contribution in [0, 0.1) is 0 Å². The minimum absolute atomic E-state index is 0.873. The summed E-state index contributed by atoms with van der Waals surface area (Å²) in [5, 5.41) is 4.79. The van der Waals surface area contributed by atoms with Crippen molar-refractivity contribution in [2.75, 3.05) is 4.90 Å². The zero-order chi connectivity index (χ0) is 33.7. The first-order chi connectivity index (χ1) is 25.3. The second-order valence-corrected chi connectivity index (χ2v) is 14.0. The van der Waals surface area contributed by atoms with Crippen LogP contribution in [-0.4, -0.2) is 0 Å². The SMILES string of the molecule is c1ccc(-c2cccc(-c3ccc(N(c4ccc5c(c4)oc4ccccc45)c4cccc5c4sc4ccccc45)c(-c4ccccc4)c3)c2)cc1. The van der Waals surface area contributed by atoms with E-state index in [1.54, 1.807) is 0 Å². The van der Waals surface area contributed by atoms with Crippen LogP contribution in [-0.2, 0) is 0 Å². The Morgan fingerprint density at radius 3 is 1.84 bits per heavy atom. The van der Waals surface area contributed by atoms with Crippen molar-refractivity contribution in [3.8, 4) is 33.4 Å². The van der Waals surface area contributed by atoms with Crippen LogP contribution < -0.4 is 4.90 Å². The van der Waals surface area contributed by atoms with Gasteiger partial charge in [-0.15, -0.1) is 11.3 Å². The lowest BCUT2D eigenvalue weighted by molar-refractivity contribution is 0.669. The van der Waals surface area contributed by atoms with E-state index in [0.29, 0.717) is 0 Å². The fourth-order valence-corrected chi connectivity index (χ4v) is 8.64. The molecule has 2 heterocycles. The van der Waals surface area contributed by atoms with Crippen LogP contribution in [0.2, 0.25) is 0 Å². The van der Waals surface area contributed by atoms with E-state index >= 15 is 0 Å². The molecule has 0 atom stereocenters. The highest BCUT2D eigenvalue weighted by Crippen LogP contribution is 2.48. The zero-order valence-electron chi connectivity index (χ0n) is 27.7. The Kier molecular flexibility index (Phi) is 7.04. The molecule has 2 aromatic heterocycles. The zero-order valence-corrected chi connectivity index (χ0v) is 28.5. The fraction of sp³-hybridized carbons (Fsp3) is 0. The molecule has 0 unspecified atom stereocenters. The number of nitrogens with zero attached hydrogens (tertiary/aromatic N) is 1. The Morgan fingerprint density at radius 1 is 0.373 bits per heavy atom. The lowest BCUT2D eigenvalue weighted by Crippen LogP contribution is -2.11. The van der Waals surface area contributed by atoms with Crippen LogP contribution in [0.3, 0.4) is 0 Å². The Morgan fingerprint density at radius 2 is 1.00 bits per heavy atom. The minimum Gasteiger partial charge on any atom is -0.456 e. The predicted molar refractivity (Wildman–Crippen MR) is 218 cm³/mol. The van der Waals surface area contributed by atoms with Crippen molar-refractivity contribution in [3.05, 3.63) is 188 Å². The van der Waals surface area contributed by atoms with Crippen LogP contribution in [0.5, 0.6) is 0 Å². The molecule has 10 rings (SSSR count). The summed E-state index contributed by atoms with van der Waals surface area (Å²) in [6.45, 7) is 0. The molecular weight excluding hydrogens is 639 g/mol. The maximum atomic E-state index is 6.47. The Hall–Kier alpha value is -6.42. The number of hydrogen-bond donors (Lipinski definition) is 0. The van der Waals surface area contributed by atoms with Crippen molar-refractivity contribution >= 4 is 70.5 Å². The highest BCUT2D eigenvalue weighted by Gasteiger charge is 2.23. The Bertz CT molecular complexity index is 2870. The van der Waals surface area contributed by atoms with E-state index in [2.05, 4.69) is 181 Å². The molecule has 0 bridgehead atoms. The second kappa shape index (κ2) is 12.2. The number of furan rings is 1. The molecule has 0 spiro atoms. The largest absolute Gasteiger partial charge is 0.456 e. The van der Waals surface area contributed by atoms with Gasteiger partial charge in [0, 0.05) is 43.6 Å². The van der Waals surface area contributed by atoms with Gasteiger partial charge in [0.2, 0.25) is 0 Å². The van der Waals surface area contributed by atoms with Gasteiger partial charge >= 0.3 is 0 Å². The molecule has 8 aromatic carbocycles. The molecule has 0 aliphatic rings. The van der Waals surface area contributed by atoms with Gasteiger partial charge in [0.15, 0.2) is 0 Å². The molecular formula is C48H31NOS. The minimum atomic E-state index is 0.873. The lowest BCUT2D eigenvalue weighted by Gasteiger charge is -2.29. The summed E-state index contributed by atoms with van der Waals surface area (Å²) in [4.78, 5) is 2.43. The molecule has 2 nitrogen and oxygen atoms in total. The highest BCUT2D eigenvalue weighted by atomic mass is 32.1. The molecule has 0 aliphatic heterocycles. The number of anilines is 3. The van der Waals surface area contributed by atoms with E-state index in [1.807, 2.05) is 23.5 Å². The summed E-state index contributed by atoms with van der Waals surface area (Å²) in [5.41, 5.74) is 12.1. The van der Waals surface area contributed by atoms with Gasteiger partial charge in [0.1, 0.15) is 11.2 Å². The maximum absolute atomic E-state index is 6.47. The molecule has 0 radical (unpaired) electrons. The molecule has 0 amide bonds. The monoisotopic (exact) mass is 669 g/mol. The summed E-state index contributed by atoms with van der Waals surface area (Å²) in [6.07, 6.45) is 0. The molecule has 0 aliphatic carbocycles. The molecule has 51 heavy (non-hydrogen) atoms. The number of rotatable bonds is 6. The van der Waals surface area contributed by atoms with E-state index in [-0.39, 0.29) is 0 Å². The van der Waals surface area contributed by atoms with Crippen molar-refractivity contribution in [2.45, 2.75) is 0 Å². The number of hydrogen-bond acceptors (Lipinski definition) is 3. The molecule has 0 N–H and O–H groups in total. The van der Waals surface area contributed by atoms with Gasteiger partial charge in [-0.1, -0.05) is 133 Å². The van der Waals surface area contributed by atoms with Gasteiger partial charge in [-0.25, -0.2) is 0 Å². The third-order valence-electron chi connectivity index (χ3n) is 9.87. The summed E-state index contributed by atoms with van der Waals surface area (Å²) in [5.74, 6) is 0. The van der Waals surface area contributed by atoms with Gasteiger partial charge in [-0.2, -0.15) is 0 Å². The van der Waals surface area contributed by atoms with Gasteiger partial charge < -0.3 is 9.32 Å². The number of fused-ring (bicyclic) bond motifs is 6. The lowest BCUT2D eigenvalue weighted by atomic mass is 9.94. The van der Waals surface area contributed by atoms with E-state index in [1.165, 1.54) is 42.4 Å². The van der Waals surface area contributed by atoms with Crippen LogP contribution in [0.4, 0.5) is 17.1 Å². The van der Waals surface area contributed by atoms with Crippen LogP contribution in [0.15, 0.2) is 192 Å². The summed E-state index contributed by atoms with van der Waals surface area (Å²) in [7, 11) is 0. The van der Waals surface area contributed by atoms with Gasteiger partial charge in [0.05, 0.1) is 16.1 Å². The Labute approximate surface area is 300 Å². The van der Waals surface area contributed by atoms with E-state index in [4.69, 9.17) is 4.42 Å². The van der Waals surface area contributed by atoms with Crippen LogP contribution in [0.25, 0.3) is 75.5 Å². The first kappa shape index (κ1) is 29.5. The van der Waals surface area contributed by atoms with E-state index in [9.17, 15) is 0 Å². The molecule has 0 fully saturated rings. The third kappa shape index (κ3) is 5.10. The average molecular weight is 670 g/mol. The molecule has 10 aromatic rings. The van der Waals surface area contributed by atoms with Crippen LogP contribution in [0.1, 0.15) is 0 Å². The van der Waals surface area contributed by atoms with Crippen molar-refractivity contribution in [2.24, 2.45) is 0 Å². The number of thiophene rings is 1. The van der Waals surface area contributed by atoms with Crippen molar-refractivity contribution in [1.29, 1.82) is 0 Å². The molecule has 3 heteroatoms. The smallest absolute Gasteiger partial charge is 0.137 e. The summed E-state index contributed by atoms with van der Waals surface area (Å²) < 4.78 is 9.00. The first-order valence-corrected chi connectivity index (χ1v) is 18.1. The topological polar surface area (TPSA) is 16.4 Å². The third-order valence-corrected chi connectivity index (χ3v) is 11.1. The normalized spacial score (nSPS) is 11.5. The van der Waals surface area contributed by atoms with E-state index < -0.39 is 0 Å².